The van der Waals surface area contributed by atoms with Crippen molar-refractivity contribution < 1.29 is 5.11 Å². The predicted octanol–water partition coefficient (Wildman–Crippen LogP) is 4.08. The third kappa shape index (κ3) is 2.63. The molecule has 0 heterocycles. The molecule has 3 rings (SSSR count). The minimum absolute atomic E-state index is 0.359. The molecule has 98 valence electrons. The van der Waals surface area contributed by atoms with Crippen molar-refractivity contribution in [3.63, 3.8) is 0 Å². The summed E-state index contributed by atoms with van der Waals surface area (Å²) in [6.07, 6.45) is 8.38. The van der Waals surface area contributed by atoms with E-state index in [4.69, 9.17) is 0 Å². The number of rotatable bonds is 3. The first-order valence-corrected chi connectivity index (χ1v) is 7.28. The molecule has 0 aromatic heterocycles. The Labute approximate surface area is 109 Å². The van der Waals surface area contributed by atoms with Gasteiger partial charge in [-0.3, -0.25) is 0 Å². The van der Waals surface area contributed by atoms with Gasteiger partial charge in [-0.2, -0.15) is 0 Å². The molecule has 2 unspecified atom stereocenters. The van der Waals surface area contributed by atoms with Crippen LogP contribution in [0.4, 0.5) is 5.69 Å². The summed E-state index contributed by atoms with van der Waals surface area (Å²) < 4.78 is 0. The molecule has 2 N–H and O–H groups in total. The third-order valence-electron chi connectivity index (χ3n) is 4.57. The van der Waals surface area contributed by atoms with E-state index < -0.39 is 0 Å². The molecule has 0 aliphatic heterocycles. The summed E-state index contributed by atoms with van der Waals surface area (Å²) >= 11 is 0. The second-order valence-electron chi connectivity index (χ2n) is 6.10. The smallest absolute Gasteiger partial charge is 0.115 e. The van der Waals surface area contributed by atoms with E-state index in [1.165, 1.54) is 44.2 Å². The average Bonchev–Trinajstić information content (AvgIpc) is 3.17. The number of nitrogens with one attached hydrogen (secondary N) is 1. The molecule has 2 heteroatoms. The molecular weight excluding hydrogens is 222 g/mol. The van der Waals surface area contributed by atoms with E-state index in [-0.39, 0.29) is 0 Å². The molecule has 2 atom stereocenters. The monoisotopic (exact) mass is 245 g/mol. The fourth-order valence-electron chi connectivity index (χ4n) is 3.38. The van der Waals surface area contributed by atoms with Crippen LogP contribution in [0.25, 0.3) is 0 Å². The van der Waals surface area contributed by atoms with E-state index in [0.29, 0.717) is 11.8 Å². The van der Waals surface area contributed by atoms with Gasteiger partial charge >= 0.3 is 0 Å². The number of hydrogen-bond acceptors (Lipinski definition) is 2. The minimum Gasteiger partial charge on any atom is -0.508 e. The van der Waals surface area contributed by atoms with Crippen LogP contribution in [0, 0.1) is 18.8 Å². The molecule has 0 amide bonds. The first kappa shape index (κ1) is 11.9. The van der Waals surface area contributed by atoms with E-state index >= 15 is 0 Å². The molecule has 1 aromatic rings. The van der Waals surface area contributed by atoms with Crippen molar-refractivity contribution >= 4 is 5.69 Å². The van der Waals surface area contributed by atoms with Crippen LogP contribution >= 0.6 is 0 Å². The Kier molecular flexibility index (Phi) is 3.19. The van der Waals surface area contributed by atoms with E-state index in [1.807, 2.05) is 12.1 Å². The van der Waals surface area contributed by atoms with E-state index in [9.17, 15) is 5.11 Å². The van der Waals surface area contributed by atoms with Crippen LogP contribution in [0.15, 0.2) is 18.2 Å². The summed E-state index contributed by atoms with van der Waals surface area (Å²) in [5.74, 6) is 2.36. The van der Waals surface area contributed by atoms with Gasteiger partial charge in [0.05, 0.1) is 0 Å². The predicted molar refractivity (Wildman–Crippen MR) is 74.9 cm³/mol. The summed E-state index contributed by atoms with van der Waals surface area (Å²) in [5, 5.41) is 13.1. The van der Waals surface area contributed by atoms with Gasteiger partial charge in [-0.15, -0.1) is 0 Å². The summed E-state index contributed by atoms with van der Waals surface area (Å²) in [6, 6.07) is 6.25. The van der Waals surface area contributed by atoms with Crippen LogP contribution in [0.2, 0.25) is 0 Å². The van der Waals surface area contributed by atoms with Crippen molar-refractivity contribution in [2.75, 3.05) is 5.32 Å². The van der Waals surface area contributed by atoms with Crippen molar-refractivity contribution in [1.29, 1.82) is 0 Å². The number of anilines is 1. The molecule has 0 radical (unpaired) electrons. The van der Waals surface area contributed by atoms with Crippen LogP contribution < -0.4 is 5.32 Å². The normalized spacial score (nSPS) is 28.1. The molecule has 2 saturated carbocycles. The Balaban J connectivity index is 1.64. The molecule has 0 saturated heterocycles. The molecule has 2 aliphatic rings. The average molecular weight is 245 g/mol. The second-order valence-corrected chi connectivity index (χ2v) is 6.10. The molecule has 18 heavy (non-hydrogen) atoms. The second kappa shape index (κ2) is 4.83. The standard InChI is InChI=1S/C16H23NO/c1-11-9-15(18)7-8-16(11)17-14-4-2-3-13(10-14)12-5-6-12/h7-9,12-14,17-18H,2-6,10H2,1H3. The molecule has 1 aromatic carbocycles. The van der Waals surface area contributed by atoms with Gasteiger partial charge in [0.2, 0.25) is 0 Å². The van der Waals surface area contributed by atoms with Gasteiger partial charge in [0.1, 0.15) is 5.75 Å². The zero-order chi connectivity index (χ0) is 12.5. The van der Waals surface area contributed by atoms with E-state index in [2.05, 4.69) is 12.2 Å². The highest BCUT2D eigenvalue weighted by atomic mass is 16.3. The topological polar surface area (TPSA) is 32.3 Å². The Morgan fingerprint density at radius 3 is 2.67 bits per heavy atom. The maximum atomic E-state index is 9.44. The number of hydrogen-bond donors (Lipinski definition) is 2. The Hall–Kier alpha value is -1.18. The number of phenolic OH excluding ortho intramolecular Hbond substituents is 1. The lowest BCUT2D eigenvalue weighted by Crippen LogP contribution is -2.28. The largest absolute Gasteiger partial charge is 0.508 e. The van der Waals surface area contributed by atoms with Gasteiger partial charge in [-0.25, -0.2) is 0 Å². The van der Waals surface area contributed by atoms with Gasteiger partial charge < -0.3 is 10.4 Å². The SMILES string of the molecule is Cc1cc(O)ccc1NC1CCCC(C2CC2)C1. The fourth-order valence-corrected chi connectivity index (χ4v) is 3.38. The summed E-state index contributed by atoms with van der Waals surface area (Å²) in [7, 11) is 0. The van der Waals surface area contributed by atoms with Gasteiger partial charge in [0.15, 0.2) is 0 Å². The maximum absolute atomic E-state index is 9.44. The molecule has 0 spiro atoms. The summed E-state index contributed by atoms with van der Waals surface area (Å²) in [5.41, 5.74) is 2.33. The lowest BCUT2D eigenvalue weighted by molar-refractivity contribution is 0.303. The lowest BCUT2D eigenvalue weighted by Gasteiger charge is -2.31. The Morgan fingerprint density at radius 1 is 1.11 bits per heavy atom. The number of aromatic hydroxyl groups is 1. The van der Waals surface area contributed by atoms with E-state index in [0.717, 1.165) is 17.4 Å². The molecule has 2 nitrogen and oxygen atoms in total. The van der Waals surface area contributed by atoms with Crippen molar-refractivity contribution in [3.05, 3.63) is 23.8 Å². The Bertz CT molecular complexity index is 425. The first-order chi connectivity index (χ1) is 8.72. The van der Waals surface area contributed by atoms with Gasteiger partial charge in [-0.05, 0) is 68.2 Å². The third-order valence-corrected chi connectivity index (χ3v) is 4.57. The zero-order valence-electron chi connectivity index (χ0n) is 11.2. The highest BCUT2D eigenvalue weighted by Gasteiger charge is 2.34. The quantitative estimate of drug-likeness (QED) is 0.786. The number of phenols is 1. The summed E-state index contributed by atoms with van der Waals surface area (Å²) in [6.45, 7) is 2.06. The van der Waals surface area contributed by atoms with Crippen molar-refractivity contribution in [2.45, 2.75) is 51.5 Å². The molecule has 2 aliphatic carbocycles. The molecule has 2 fully saturated rings. The maximum Gasteiger partial charge on any atom is 0.115 e. The number of benzene rings is 1. The highest BCUT2D eigenvalue weighted by Crippen LogP contribution is 2.44. The lowest BCUT2D eigenvalue weighted by atomic mass is 9.82. The first-order valence-electron chi connectivity index (χ1n) is 7.28. The van der Waals surface area contributed by atoms with Crippen LogP contribution in [0.5, 0.6) is 5.75 Å². The molecular formula is C16H23NO. The Morgan fingerprint density at radius 2 is 1.94 bits per heavy atom. The van der Waals surface area contributed by atoms with Gasteiger partial charge in [0.25, 0.3) is 0 Å². The van der Waals surface area contributed by atoms with Crippen LogP contribution in [0.1, 0.15) is 44.1 Å². The van der Waals surface area contributed by atoms with Crippen molar-refractivity contribution in [3.8, 4) is 5.75 Å². The van der Waals surface area contributed by atoms with Crippen LogP contribution in [-0.4, -0.2) is 11.1 Å². The number of aryl methyl sites for hydroxylation is 1. The van der Waals surface area contributed by atoms with E-state index in [1.54, 1.807) is 6.07 Å². The van der Waals surface area contributed by atoms with Crippen molar-refractivity contribution in [1.82, 2.24) is 0 Å². The van der Waals surface area contributed by atoms with Crippen LogP contribution in [-0.2, 0) is 0 Å². The summed E-state index contributed by atoms with van der Waals surface area (Å²) in [4.78, 5) is 0. The van der Waals surface area contributed by atoms with Crippen LogP contribution in [0.3, 0.4) is 0 Å². The van der Waals surface area contributed by atoms with Gasteiger partial charge in [-0.1, -0.05) is 12.8 Å². The minimum atomic E-state index is 0.359. The fraction of sp³-hybridized carbons (Fsp3) is 0.625. The highest BCUT2D eigenvalue weighted by molar-refractivity contribution is 5.53. The molecule has 0 bridgehead atoms. The van der Waals surface area contributed by atoms with Crippen molar-refractivity contribution in [2.24, 2.45) is 11.8 Å². The zero-order valence-corrected chi connectivity index (χ0v) is 11.2. The van der Waals surface area contributed by atoms with Gasteiger partial charge in [0, 0.05) is 11.7 Å².